The Balaban J connectivity index is 1.67. The van der Waals surface area contributed by atoms with Gasteiger partial charge < -0.3 is 14.5 Å². The summed E-state index contributed by atoms with van der Waals surface area (Å²) in [5, 5.41) is 0.643. The number of nitrogens with one attached hydrogen (secondary N) is 1. The Morgan fingerprint density at radius 2 is 2.00 bits per heavy atom. The molecule has 0 saturated carbocycles. The summed E-state index contributed by atoms with van der Waals surface area (Å²) in [6, 6.07) is 9.52. The highest BCUT2D eigenvalue weighted by molar-refractivity contribution is 7.99. The van der Waals surface area contributed by atoms with E-state index in [0.29, 0.717) is 24.1 Å². The molecule has 124 valence electrons. The van der Waals surface area contributed by atoms with Gasteiger partial charge in [-0.1, -0.05) is 29.5 Å². The second kappa shape index (κ2) is 9.37. The lowest BCUT2D eigenvalue weighted by molar-refractivity contribution is 0.180. The molecule has 1 aromatic carbocycles. The van der Waals surface area contributed by atoms with Crippen molar-refractivity contribution in [1.29, 1.82) is 0 Å². The predicted molar refractivity (Wildman–Crippen MR) is 92.2 cm³/mol. The monoisotopic (exact) mass is 334 g/mol. The number of methoxy groups -OCH3 is 1. The number of ether oxygens (including phenoxy) is 2. The molecule has 2 aromatic rings. The van der Waals surface area contributed by atoms with Crippen LogP contribution in [0.5, 0.6) is 5.75 Å². The van der Waals surface area contributed by atoms with Crippen LogP contribution in [0.1, 0.15) is 24.1 Å². The molecule has 0 aliphatic heterocycles. The van der Waals surface area contributed by atoms with Crippen molar-refractivity contribution in [3.63, 3.8) is 0 Å². The molecule has 0 radical (unpaired) electrons. The summed E-state index contributed by atoms with van der Waals surface area (Å²) < 4.78 is 10.7. The summed E-state index contributed by atoms with van der Waals surface area (Å²) >= 11 is 1.55. The molecule has 0 saturated heterocycles. The number of aromatic amines is 1. The fourth-order valence-electron chi connectivity index (χ4n) is 1.97. The van der Waals surface area contributed by atoms with E-state index in [9.17, 15) is 4.79 Å². The average Bonchev–Trinajstić information content (AvgIpc) is 2.52. The van der Waals surface area contributed by atoms with Crippen LogP contribution < -0.4 is 10.3 Å². The van der Waals surface area contributed by atoms with Crippen molar-refractivity contribution in [2.45, 2.75) is 31.5 Å². The summed E-state index contributed by atoms with van der Waals surface area (Å²) in [5.41, 5.74) is 1.74. The van der Waals surface area contributed by atoms with E-state index in [4.69, 9.17) is 9.47 Å². The molecule has 0 amide bonds. The minimum Gasteiger partial charge on any atom is -0.494 e. The van der Waals surface area contributed by atoms with E-state index in [0.717, 1.165) is 24.3 Å². The molecule has 5 nitrogen and oxygen atoms in total. The quantitative estimate of drug-likeness (QED) is 0.433. The van der Waals surface area contributed by atoms with Crippen LogP contribution in [-0.4, -0.2) is 29.4 Å². The molecule has 0 spiro atoms. The molecule has 1 aromatic heterocycles. The van der Waals surface area contributed by atoms with E-state index in [1.807, 2.05) is 24.3 Å². The normalized spacial score (nSPS) is 10.7. The van der Waals surface area contributed by atoms with E-state index in [1.54, 1.807) is 18.9 Å². The van der Waals surface area contributed by atoms with Gasteiger partial charge in [-0.3, -0.25) is 4.79 Å². The third-order valence-corrected chi connectivity index (χ3v) is 4.09. The fourth-order valence-corrected chi connectivity index (χ4v) is 2.87. The third kappa shape index (κ3) is 6.46. The molecule has 0 bridgehead atoms. The zero-order chi connectivity index (χ0) is 16.5. The lowest BCUT2D eigenvalue weighted by atomic mass is 10.2. The Hall–Kier alpha value is -1.79. The zero-order valence-corrected chi connectivity index (χ0v) is 14.3. The molecular formula is C17H22N2O3S. The first kappa shape index (κ1) is 17.6. The number of unbranched alkanes of at least 4 members (excludes halogenated alkanes) is 1. The third-order valence-electron chi connectivity index (χ3n) is 3.13. The summed E-state index contributed by atoms with van der Waals surface area (Å²) in [5.74, 6) is 1.79. The number of benzene rings is 1. The van der Waals surface area contributed by atoms with Gasteiger partial charge in [-0.2, -0.15) is 0 Å². The number of H-pyrrole nitrogens is 1. The molecular weight excluding hydrogens is 312 g/mol. The van der Waals surface area contributed by atoms with Gasteiger partial charge in [-0.25, -0.2) is 4.98 Å². The maximum atomic E-state index is 11.5. The van der Waals surface area contributed by atoms with Crippen molar-refractivity contribution in [2.24, 2.45) is 0 Å². The summed E-state index contributed by atoms with van der Waals surface area (Å²) in [6.07, 6.45) is 1.96. The Labute approximate surface area is 140 Å². The van der Waals surface area contributed by atoms with Crippen LogP contribution in [0.25, 0.3) is 0 Å². The molecule has 1 heterocycles. The number of hydrogen-bond donors (Lipinski definition) is 1. The van der Waals surface area contributed by atoms with Crippen LogP contribution in [0, 0.1) is 6.92 Å². The van der Waals surface area contributed by atoms with E-state index in [1.165, 1.54) is 11.6 Å². The van der Waals surface area contributed by atoms with Crippen molar-refractivity contribution in [1.82, 2.24) is 9.97 Å². The van der Waals surface area contributed by atoms with Gasteiger partial charge in [0.15, 0.2) is 5.16 Å². The number of nitrogens with zero attached hydrogens (tertiary/aromatic N) is 1. The number of aromatic nitrogens is 2. The lowest BCUT2D eigenvalue weighted by Crippen LogP contribution is -2.10. The highest BCUT2D eigenvalue weighted by atomic mass is 32.2. The summed E-state index contributed by atoms with van der Waals surface area (Å²) in [7, 11) is 1.59. The summed E-state index contributed by atoms with van der Waals surface area (Å²) in [6.45, 7) is 3.10. The molecule has 0 unspecified atom stereocenters. The van der Waals surface area contributed by atoms with Gasteiger partial charge in [-0.15, -0.1) is 0 Å². The smallest absolute Gasteiger partial charge is 0.251 e. The maximum absolute atomic E-state index is 11.5. The molecule has 0 aliphatic rings. The van der Waals surface area contributed by atoms with Crippen LogP contribution in [0.3, 0.4) is 0 Å². The standard InChI is InChI=1S/C17H22N2O3S/c1-13-5-7-15(8-6-13)22-9-3-4-10-23-17-18-14(12-21-2)11-16(20)19-17/h5-8,11H,3-4,9-10,12H2,1-2H3,(H,18,19,20). The summed E-state index contributed by atoms with van der Waals surface area (Å²) in [4.78, 5) is 18.6. The largest absolute Gasteiger partial charge is 0.494 e. The van der Waals surface area contributed by atoms with Crippen molar-refractivity contribution in [3.05, 3.63) is 51.9 Å². The first-order valence-corrected chi connectivity index (χ1v) is 8.57. The molecule has 0 atom stereocenters. The fraction of sp³-hybridized carbons (Fsp3) is 0.412. The second-order valence-corrected chi connectivity index (χ2v) is 6.28. The maximum Gasteiger partial charge on any atom is 0.251 e. The molecule has 6 heteroatoms. The van der Waals surface area contributed by atoms with Crippen LogP contribution in [0.4, 0.5) is 0 Å². The predicted octanol–water partition coefficient (Wildman–Crippen LogP) is 3.18. The Morgan fingerprint density at radius 3 is 2.74 bits per heavy atom. The van der Waals surface area contributed by atoms with E-state index in [2.05, 4.69) is 16.9 Å². The molecule has 0 aliphatic carbocycles. The topological polar surface area (TPSA) is 64.2 Å². The minimum atomic E-state index is -0.141. The van der Waals surface area contributed by atoms with Crippen molar-refractivity contribution < 1.29 is 9.47 Å². The Morgan fingerprint density at radius 1 is 1.22 bits per heavy atom. The van der Waals surface area contributed by atoms with Crippen LogP contribution in [0.2, 0.25) is 0 Å². The van der Waals surface area contributed by atoms with E-state index < -0.39 is 0 Å². The Bertz CT molecular complexity index is 656. The van der Waals surface area contributed by atoms with Crippen LogP contribution in [0.15, 0.2) is 40.3 Å². The molecule has 23 heavy (non-hydrogen) atoms. The van der Waals surface area contributed by atoms with Gasteiger partial charge >= 0.3 is 0 Å². The second-order valence-electron chi connectivity index (χ2n) is 5.19. The molecule has 0 fully saturated rings. The van der Waals surface area contributed by atoms with Crippen molar-refractivity contribution in [3.8, 4) is 5.75 Å². The van der Waals surface area contributed by atoms with E-state index >= 15 is 0 Å². The van der Waals surface area contributed by atoms with Gasteiger partial charge in [-0.05, 0) is 31.9 Å². The SMILES string of the molecule is COCc1cc(=O)[nH]c(SCCCCOc2ccc(C)cc2)n1. The van der Waals surface area contributed by atoms with Gasteiger partial charge in [0, 0.05) is 18.9 Å². The van der Waals surface area contributed by atoms with Gasteiger partial charge in [0.25, 0.3) is 5.56 Å². The van der Waals surface area contributed by atoms with Crippen LogP contribution in [-0.2, 0) is 11.3 Å². The van der Waals surface area contributed by atoms with Gasteiger partial charge in [0.05, 0.1) is 18.9 Å². The van der Waals surface area contributed by atoms with Crippen molar-refractivity contribution >= 4 is 11.8 Å². The lowest BCUT2D eigenvalue weighted by Gasteiger charge is -2.06. The zero-order valence-electron chi connectivity index (χ0n) is 13.5. The van der Waals surface area contributed by atoms with Crippen molar-refractivity contribution in [2.75, 3.05) is 19.5 Å². The minimum absolute atomic E-state index is 0.141. The number of thioether (sulfide) groups is 1. The molecule has 1 N–H and O–H groups in total. The highest BCUT2D eigenvalue weighted by Gasteiger charge is 2.02. The van der Waals surface area contributed by atoms with Gasteiger partial charge in [0.1, 0.15) is 5.75 Å². The molecule has 2 rings (SSSR count). The number of rotatable bonds is 9. The first-order valence-electron chi connectivity index (χ1n) is 7.59. The number of aryl methyl sites for hydroxylation is 1. The average molecular weight is 334 g/mol. The Kier molecular flexibility index (Phi) is 7.16. The van der Waals surface area contributed by atoms with Crippen LogP contribution >= 0.6 is 11.8 Å². The van der Waals surface area contributed by atoms with Gasteiger partial charge in [0.2, 0.25) is 0 Å². The highest BCUT2D eigenvalue weighted by Crippen LogP contribution is 2.15. The van der Waals surface area contributed by atoms with E-state index in [-0.39, 0.29) is 5.56 Å². The first-order chi connectivity index (χ1) is 11.2. The number of hydrogen-bond acceptors (Lipinski definition) is 5.